The number of nitrogens with one attached hydrogen (secondary N) is 2. The molecular formula is C24H30FN5O2. The summed E-state index contributed by atoms with van der Waals surface area (Å²) in [5, 5.41) is 6.26. The average Bonchev–Trinajstić information content (AvgIpc) is 2.67. The van der Waals surface area contributed by atoms with Crippen molar-refractivity contribution in [1.29, 1.82) is 0 Å². The van der Waals surface area contributed by atoms with Gasteiger partial charge < -0.3 is 15.4 Å². The second-order valence-corrected chi connectivity index (χ2v) is 8.97. The van der Waals surface area contributed by atoms with Gasteiger partial charge in [-0.05, 0) is 52.0 Å². The second kappa shape index (κ2) is 10.4. The molecule has 0 amide bonds. The zero-order valence-corrected chi connectivity index (χ0v) is 19.0. The van der Waals surface area contributed by atoms with Crippen LogP contribution >= 0.6 is 0 Å². The van der Waals surface area contributed by atoms with Crippen molar-refractivity contribution in [2.24, 2.45) is 11.8 Å². The molecule has 1 saturated carbocycles. The van der Waals surface area contributed by atoms with E-state index >= 15 is 0 Å². The Kier molecular flexibility index (Phi) is 7.62. The van der Waals surface area contributed by atoms with Crippen LogP contribution in [0.25, 0.3) is 0 Å². The number of hydrogen-bond acceptors (Lipinski definition) is 7. The number of rotatable bonds is 7. The number of halogens is 1. The van der Waals surface area contributed by atoms with Crippen LogP contribution in [0.4, 0.5) is 21.8 Å². The fourth-order valence-electron chi connectivity index (χ4n) is 3.34. The monoisotopic (exact) mass is 439 g/mol. The van der Waals surface area contributed by atoms with Gasteiger partial charge in [-0.1, -0.05) is 18.8 Å². The van der Waals surface area contributed by atoms with Crippen LogP contribution in [0.1, 0.15) is 58.9 Å². The molecule has 7 nitrogen and oxygen atoms in total. The lowest BCUT2D eigenvalue weighted by molar-refractivity contribution is -0.156. The van der Waals surface area contributed by atoms with Gasteiger partial charge in [-0.15, -0.1) is 0 Å². The van der Waals surface area contributed by atoms with Crippen LogP contribution in [0, 0.1) is 29.6 Å². The van der Waals surface area contributed by atoms with E-state index in [-0.39, 0.29) is 11.9 Å². The molecule has 2 heterocycles. The predicted octanol–water partition coefficient (Wildman–Crippen LogP) is 4.69. The van der Waals surface area contributed by atoms with Crippen LogP contribution < -0.4 is 10.6 Å². The fourth-order valence-corrected chi connectivity index (χ4v) is 3.34. The zero-order valence-electron chi connectivity index (χ0n) is 19.0. The summed E-state index contributed by atoms with van der Waals surface area (Å²) in [4.78, 5) is 24.3. The summed E-state index contributed by atoms with van der Waals surface area (Å²) >= 11 is 0. The summed E-state index contributed by atoms with van der Waals surface area (Å²) in [6, 6.07) is 2.92. The standard InChI is InChI=1S/C24H30FN5O2/c1-5-9-27-22-18(15-28-23(30-22)29-19-8-10-26-20(25)14-19)7-6-16-11-17(12-16)13-21(31)32-24(2,3)4/h8,10,14-17H,5,9,11-13H2,1-4H3,(H2,26,27,28,29,30). The Morgan fingerprint density at radius 3 is 2.78 bits per heavy atom. The number of carbonyl (C=O) groups is 1. The van der Waals surface area contributed by atoms with Gasteiger partial charge in [-0.3, -0.25) is 4.79 Å². The molecule has 0 aliphatic heterocycles. The van der Waals surface area contributed by atoms with E-state index in [0.717, 1.165) is 25.8 Å². The van der Waals surface area contributed by atoms with Crippen LogP contribution in [0.3, 0.4) is 0 Å². The van der Waals surface area contributed by atoms with Crippen LogP contribution in [0.15, 0.2) is 24.5 Å². The van der Waals surface area contributed by atoms with E-state index in [2.05, 4.69) is 44.4 Å². The van der Waals surface area contributed by atoms with E-state index < -0.39 is 11.5 Å². The van der Waals surface area contributed by atoms with Gasteiger partial charge in [0.25, 0.3) is 0 Å². The summed E-state index contributed by atoms with van der Waals surface area (Å²) < 4.78 is 18.7. The number of carbonyl (C=O) groups excluding carboxylic acids is 1. The van der Waals surface area contributed by atoms with Crippen molar-refractivity contribution in [1.82, 2.24) is 15.0 Å². The molecule has 0 radical (unpaired) electrons. The SMILES string of the molecule is CCCNc1nc(Nc2ccnc(F)c2)ncc1C#CC1CC(CC(=O)OC(C)(C)C)C1. The highest BCUT2D eigenvalue weighted by atomic mass is 19.1. The van der Waals surface area contributed by atoms with Crippen LogP contribution in [0.5, 0.6) is 0 Å². The Morgan fingerprint density at radius 1 is 1.31 bits per heavy atom. The molecule has 0 saturated heterocycles. The minimum absolute atomic E-state index is 0.148. The Bertz CT molecular complexity index is 1000. The van der Waals surface area contributed by atoms with E-state index in [0.29, 0.717) is 35.4 Å². The number of esters is 1. The van der Waals surface area contributed by atoms with Gasteiger partial charge in [0, 0.05) is 36.8 Å². The van der Waals surface area contributed by atoms with E-state index in [1.807, 2.05) is 20.8 Å². The molecule has 0 aromatic carbocycles. The van der Waals surface area contributed by atoms with E-state index in [1.54, 1.807) is 12.3 Å². The first-order valence-corrected chi connectivity index (χ1v) is 10.9. The maximum atomic E-state index is 13.3. The molecule has 2 N–H and O–H groups in total. The highest BCUT2D eigenvalue weighted by Gasteiger charge is 2.31. The first-order valence-electron chi connectivity index (χ1n) is 10.9. The van der Waals surface area contributed by atoms with Crippen molar-refractivity contribution in [2.45, 2.75) is 59.0 Å². The molecule has 1 aliphatic carbocycles. The molecule has 0 unspecified atom stereocenters. The maximum absolute atomic E-state index is 13.3. The number of pyridine rings is 1. The minimum Gasteiger partial charge on any atom is -0.460 e. The van der Waals surface area contributed by atoms with Crippen molar-refractivity contribution >= 4 is 23.4 Å². The highest BCUT2D eigenvalue weighted by molar-refractivity contribution is 5.70. The molecule has 8 heteroatoms. The number of hydrogen-bond donors (Lipinski definition) is 2. The maximum Gasteiger partial charge on any atom is 0.306 e. The molecule has 0 atom stereocenters. The van der Waals surface area contributed by atoms with Crippen molar-refractivity contribution in [3.8, 4) is 11.8 Å². The molecule has 0 bridgehead atoms. The molecular weight excluding hydrogens is 409 g/mol. The lowest BCUT2D eigenvalue weighted by Crippen LogP contribution is -2.29. The lowest BCUT2D eigenvalue weighted by Gasteiger charge is -2.32. The summed E-state index contributed by atoms with van der Waals surface area (Å²) in [6.07, 6.45) is 6.19. The third kappa shape index (κ3) is 7.19. The Labute approximate surface area is 188 Å². The number of nitrogens with zero attached hydrogens (tertiary/aromatic N) is 3. The number of ether oxygens (including phenoxy) is 1. The summed E-state index contributed by atoms with van der Waals surface area (Å²) in [5.74, 6) is 7.30. The van der Waals surface area contributed by atoms with Gasteiger partial charge in [-0.25, -0.2) is 9.97 Å². The van der Waals surface area contributed by atoms with Crippen molar-refractivity contribution < 1.29 is 13.9 Å². The van der Waals surface area contributed by atoms with E-state index in [4.69, 9.17) is 4.74 Å². The number of aromatic nitrogens is 3. The normalized spacial score (nSPS) is 17.5. The molecule has 3 rings (SSSR count). The second-order valence-electron chi connectivity index (χ2n) is 8.97. The first-order chi connectivity index (χ1) is 15.2. The Morgan fingerprint density at radius 2 is 2.09 bits per heavy atom. The smallest absolute Gasteiger partial charge is 0.306 e. The summed E-state index contributed by atoms with van der Waals surface area (Å²) in [5.41, 5.74) is 0.776. The van der Waals surface area contributed by atoms with Gasteiger partial charge in [0.05, 0.1) is 11.8 Å². The van der Waals surface area contributed by atoms with Crippen molar-refractivity contribution in [3.63, 3.8) is 0 Å². The van der Waals surface area contributed by atoms with Crippen LogP contribution in [-0.4, -0.2) is 33.1 Å². The van der Waals surface area contributed by atoms with Gasteiger partial charge in [0.2, 0.25) is 11.9 Å². The summed E-state index contributed by atoms with van der Waals surface area (Å²) in [7, 11) is 0. The molecule has 2 aromatic heterocycles. The third-order valence-corrected chi connectivity index (χ3v) is 4.84. The molecule has 0 spiro atoms. The molecule has 32 heavy (non-hydrogen) atoms. The van der Waals surface area contributed by atoms with Crippen molar-refractivity contribution in [2.75, 3.05) is 17.2 Å². The third-order valence-electron chi connectivity index (χ3n) is 4.84. The molecule has 1 aliphatic rings. The fraction of sp³-hybridized carbons (Fsp3) is 0.500. The lowest BCUT2D eigenvalue weighted by atomic mass is 9.73. The van der Waals surface area contributed by atoms with Gasteiger partial charge in [0.15, 0.2) is 0 Å². The predicted molar refractivity (Wildman–Crippen MR) is 122 cm³/mol. The molecule has 1 fully saturated rings. The summed E-state index contributed by atoms with van der Waals surface area (Å²) in [6.45, 7) is 8.45. The number of anilines is 3. The zero-order chi connectivity index (χ0) is 23.1. The van der Waals surface area contributed by atoms with Crippen LogP contribution in [0.2, 0.25) is 0 Å². The van der Waals surface area contributed by atoms with E-state index in [9.17, 15) is 9.18 Å². The Balaban J connectivity index is 1.62. The van der Waals surface area contributed by atoms with E-state index in [1.165, 1.54) is 12.3 Å². The topological polar surface area (TPSA) is 89.0 Å². The average molecular weight is 440 g/mol. The van der Waals surface area contributed by atoms with Gasteiger partial charge in [0.1, 0.15) is 11.4 Å². The first kappa shape index (κ1) is 23.5. The highest BCUT2D eigenvalue weighted by Crippen LogP contribution is 2.36. The van der Waals surface area contributed by atoms with Crippen molar-refractivity contribution in [3.05, 3.63) is 36.0 Å². The van der Waals surface area contributed by atoms with Gasteiger partial charge in [-0.2, -0.15) is 9.37 Å². The van der Waals surface area contributed by atoms with Crippen LogP contribution in [-0.2, 0) is 9.53 Å². The Hall–Kier alpha value is -3.21. The molecule has 2 aromatic rings. The van der Waals surface area contributed by atoms with Gasteiger partial charge >= 0.3 is 5.97 Å². The minimum atomic E-state index is -0.577. The largest absolute Gasteiger partial charge is 0.460 e. The molecule has 170 valence electrons. The quantitative estimate of drug-likeness (QED) is 0.368.